The first kappa shape index (κ1) is 15.3. The fourth-order valence-electron chi connectivity index (χ4n) is 2.97. The molecule has 4 heteroatoms. The number of aliphatic hydroxyl groups is 1. The van der Waals surface area contributed by atoms with E-state index in [1.54, 1.807) is 7.11 Å². The van der Waals surface area contributed by atoms with E-state index in [0.29, 0.717) is 6.54 Å². The number of hydrogen-bond acceptors (Lipinski definition) is 4. The van der Waals surface area contributed by atoms with Gasteiger partial charge in [-0.15, -0.1) is 0 Å². The number of rotatable bonds is 5. The first-order chi connectivity index (χ1) is 9.46. The first-order valence-corrected chi connectivity index (χ1v) is 7.33. The van der Waals surface area contributed by atoms with Gasteiger partial charge in [0.05, 0.1) is 12.7 Å². The van der Waals surface area contributed by atoms with E-state index in [0.717, 1.165) is 25.1 Å². The predicted octanol–water partition coefficient (Wildman–Crippen LogP) is 1.93. The molecule has 0 radical (unpaired) electrons. The van der Waals surface area contributed by atoms with Gasteiger partial charge in [0.1, 0.15) is 5.75 Å². The van der Waals surface area contributed by atoms with Crippen LogP contribution in [0.4, 0.5) is 0 Å². The van der Waals surface area contributed by atoms with Gasteiger partial charge in [0.25, 0.3) is 0 Å². The molecule has 0 bridgehead atoms. The van der Waals surface area contributed by atoms with E-state index in [9.17, 15) is 5.11 Å². The molecule has 112 valence electrons. The topological polar surface area (TPSA) is 58.7 Å². The molecule has 0 aromatic heterocycles. The summed E-state index contributed by atoms with van der Waals surface area (Å²) in [6.07, 6.45) is 1.71. The number of nitrogens with two attached hydrogens (primary N) is 1. The predicted molar refractivity (Wildman–Crippen MR) is 80.8 cm³/mol. The van der Waals surface area contributed by atoms with Crippen LogP contribution in [0.5, 0.6) is 5.75 Å². The second kappa shape index (κ2) is 6.12. The molecule has 3 unspecified atom stereocenters. The van der Waals surface area contributed by atoms with Crippen LogP contribution in [0.15, 0.2) is 24.3 Å². The standard InChI is InChI=1S/C16H26N2O2/c1-4-14(17)15(18-10-9-16(2,19)11-18)12-5-7-13(20-3)8-6-12/h5-8,14-15,19H,4,9-11,17H2,1-3H3. The van der Waals surface area contributed by atoms with Crippen molar-refractivity contribution in [2.24, 2.45) is 5.73 Å². The average molecular weight is 278 g/mol. The molecule has 1 saturated heterocycles. The smallest absolute Gasteiger partial charge is 0.118 e. The molecule has 0 aliphatic carbocycles. The van der Waals surface area contributed by atoms with Gasteiger partial charge in [-0.3, -0.25) is 4.90 Å². The maximum absolute atomic E-state index is 10.2. The van der Waals surface area contributed by atoms with Crippen molar-refractivity contribution in [3.8, 4) is 5.75 Å². The molecule has 1 aliphatic heterocycles. The van der Waals surface area contributed by atoms with Crippen molar-refractivity contribution in [3.05, 3.63) is 29.8 Å². The summed E-state index contributed by atoms with van der Waals surface area (Å²) in [6.45, 7) is 5.57. The molecule has 1 aromatic carbocycles. The molecule has 1 heterocycles. The van der Waals surface area contributed by atoms with Crippen LogP contribution >= 0.6 is 0 Å². The first-order valence-electron chi connectivity index (χ1n) is 7.33. The maximum Gasteiger partial charge on any atom is 0.118 e. The summed E-state index contributed by atoms with van der Waals surface area (Å²) in [5, 5.41) is 10.2. The van der Waals surface area contributed by atoms with Crippen molar-refractivity contribution < 1.29 is 9.84 Å². The molecule has 0 saturated carbocycles. The van der Waals surface area contributed by atoms with Gasteiger partial charge in [0, 0.05) is 25.2 Å². The summed E-state index contributed by atoms with van der Waals surface area (Å²) in [5.41, 5.74) is 6.93. The second-order valence-corrected chi connectivity index (χ2v) is 6.01. The Bertz CT molecular complexity index is 431. The normalized spacial score (nSPS) is 26.4. The minimum atomic E-state index is -0.599. The van der Waals surface area contributed by atoms with Crippen LogP contribution in [0.2, 0.25) is 0 Å². The van der Waals surface area contributed by atoms with E-state index in [1.165, 1.54) is 5.56 Å². The second-order valence-electron chi connectivity index (χ2n) is 6.01. The SMILES string of the molecule is CCC(N)C(c1ccc(OC)cc1)N1CCC(C)(O)C1. The Labute approximate surface area is 121 Å². The highest BCUT2D eigenvalue weighted by atomic mass is 16.5. The third kappa shape index (κ3) is 3.32. The Kier molecular flexibility index (Phi) is 4.68. The monoisotopic (exact) mass is 278 g/mol. The van der Waals surface area contributed by atoms with Crippen molar-refractivity contribution in [1.29, 1.82) is 0 Å². The summed E-state index contributed by atoms with van der Waals surface area (Å²) < 4.78 is 5.21. The minimum Gasteiger partial charge on any atom is -0.497 e. The van der Waals surface area contributed by atoms with Crippen molar-refractivity contribution >= 4 is 0 Å². The summed E-state index contributed by atoms with van der Waals surface area (Å²) >= 11 is 0. The lowest BCUT2D eigenvalue weighted by Crippen LogP contribution is -2.41. The van der Waals surface area contributed by atoms with Gasteiger partial charge < -0.3 is 15.6 Å². The van der Waals surface area contributed by atoms with Crippen LogP contribution in [0.1, 0.15) is 38.3 Å². The van der Waals surface area contributed by atoms with Gasteiger partial charge in [-0.25, -0.2) is 0 Å². The highest BCUT2D eigenvalue weighted by molar-refractivity contribution is 5.30. The zero-order valence-corrected chi connectivity index (χ0v) is 12.7. The zero-order valence-electron chi connectivity index (χ0n) is 12.7. The Hall–Kier alpha value is -1.10. The van der Waals surface area contributed by atoms with Crippen LogP contribution in [-0.4, -0.2) is 41.8 Å². The largest absolute Gasteiger partial charge is 0.497 e. The van der Waals surface area contributed by atoms with Gasteiger partial charge in [0.2, 0.25) is 0 Å². The third-order valence-corrected chi connectivity index (χ3v) is 4.21. The van der Waals surface area contributed by atoms with Crippen LogP contribution in [0, 0.1) is 0 Å². The van der Waals surface area contributed by atoms with Crippen molar-refractivity contribution in [2.75, 3.05) is 20.2 Å². The van der Waals surface area contributed by atoms with Gasteiger partial charge in [-0.05, 0) is 37.5 Å². The van der Waals surface area contributed by atoms with Gasteiger partial charge in [0.15, 0.2) is 0 Å². The summed E-state index contributed by atoms with van der Waals surface area (Å²) in [4.78, 5) is 2.30. The van der Waals surface area contributed by atoms with E-state index >= 15 is 0 Å². The van der Waals surface area contributed by atoms with E-state index < -0.39 is 5.60 Å². The Morgan fingerprint density at radius 1 is 1.40 bits per heavy atom. The highest BCUT2D eigenvalue weighted by Gasteiger charge is 2.37. The molecule has 1 aromatic rings. The number of β-amino-alcohol motifs (C(OH)–C–C–N with tert-alkyl or cyclic N) is 1. The molecule has 0 amide bonds. The van der Waals surface area contributed by atoms with Crippen LogP contribution < -0.4 is 10.5 Å². The molecule has 4 nitrogen and oxygen atoms in total. The number of methoxy groups -OCH3 is 1. The third-order valence-electron chi connectivity index (χ3n) is 4.21. The van der Waals surface area contributed by atoms with Crippen LogP contribution in [0.25, 0.3) is 0 Å². The highest BCUT2D eigenvalue weighted by Crippen LogP contribution is 2.32. The fourth-order valence-corrected chi connectivity index (χ4v) is 2.97. The van der Waals surface area contributed by atoms with Gasteiger partial charge in [-0.2, -0.15) is 0 Å². The molecule has 3 N–H and O–H groups in total. The number of hydrogen-bond donors (Lipinski definition) is 2. The lowest BCUT2D eigenvalue weighted by atomic mass is 9.96. The summed E-state index contributed by atoms with van der Waals surface area (Å²) in [7, 11) is 1.67. The average Bonchev–Trinajstić information content (AvgIpc) is 2.79. The van der Waals surface area contributed by atoms with E-state index in [-0.39, 0.29) is 12.1 Å². The van der Waals surface area contributed by atoms with Crippen molar-refractivity contribution in [3.63, 3.8) is 0 Å². The lowest BCUT2D eigenvalue weighted by Gasteiger charge is -2.33. The molecule has 2 rings (SSSR count). The number of likely N-dealkylation sites (tertiary alicyclic amines) is 1. The molecular weight excluding hydrogens is 252 g/mol. The summed E-state index contributed by atoms with van der Waals surface area (Å²) in [5.74, 6) is 0.853. The van der Waals surface area contributed by atoms with Crippen LogP contribution in [-0.2, 0) is 0 Å². The van der Waals surface area contributed by atoms with Crippen molar-refractivity contribution in [2.45, 2.75) is 44.4 Å². The molecule has 3 atom stereocenters. The van der Waals surface area contributed by atoms with Gasteiger partial charge in [-0.1, -0.05) is 19.1 Å². The number of benzene rings is 1. The van der Waals surface area contributed by atoms with Crippen LogP contribution in [0.3, 0.4) is 0 Å². The molecule has 1 fully saturated rings. The summed E-state index contributed by atoms with van der Waals surface area (Å²) in [6, 6.07) is 8.31. The number of nitrogens with zero attached hydrogens (tertiary/aromatic N) is 1. The maximum atomic E-state index is 10.2. The van der Waals surface area contributed by atoms with Gasteiger partial charge >= 0.3 is 0 Å². The Morgan fingerprint density at radius 2 is 2.05 bits per heavy atom. The van der Waals surface area contributed by atoms with E-state index in [1.807, 2.05) is 19.1 Å². The van der Waals surface area contributed by atoms with Crippen molar-refractivity contribution in [1.82, 2.24) is 4.90 Å². The molecule has 1 aliphatic rings. The minimum absolute atomic E-state index is 0.0669. The zero-order chi connectivity index (χ0) is 14.8. The molecule has 0 spiro atoms. The quantitative estimate of drug-likeness (QED) is 0.864. The Balaban J connectivity index is 2.23. The van der Waals surface area contributed by atoms with E-state index in [4.69, 9.17) is 10.5 Å². The fraction of sp³-hybridized carbons (Fsp3) is 0.625. The lowest BCUT2D eigenvalue weighted by molar-refractivity contribution is 0.0593. The molecule has 20 heavy (non-hydrogen) atoms. The number of ether oxygens (including phenoxy) is 1. The Morgan fingerprint density at radius 3 is 2.50 bits per heavy atom. The van der Waals surface area contributed by atoms with E-state index in [2.05, 4.69) is 24.0 Å². The molecular formula is C16H26N2O2.